The fraction of sp³-hybridized carbons (Fsp3) is 0.250. The lowest BCUT2D eigenvalue weighted by Crippen LogP contribution is -2.31. The van der Waals surface area contributed by atoms with E-state index in [0.717, 1.165) is 15.6 Å². The van der Waals surface area contributed by atoms with E-state index in [4.69, 9.17) is 4.74 Å². The molecular formula is C24H21F3N4O4. The summed E-state index contributed by atoms with van der Waals surface area (Å²) < 4.78 is 44.3. The second-order valence-electron chi connectivity index (χ2n) is 7.86. The standard InChI is InChI=1S/C24H21F3N4O4/c1-35-12-2-10-30-22(33)18-8-5-16(13-19(18)23(30)34)21(32)28-14-15-3-6-17(7-4-15)31-11-9-20(29-31)24(25,26)27/h3-9,11,13H,2,10,12,14H2,1H3,(H,28,32). The zero-order chi connectivity index (χ0) is 25.2. The van der Waals surface area contributed by atoms with E-state index in [9.17, 15) is 27.6 Å². The van der Waals surface area contributed by atoms with E-state index in [1.165, 1.54) is 31.5 Å². The van der Waals surface area contributed by atoms with Gasteiger partial charge < -0.3 is 10.1 Å². The number of nitrogens with zero attached hydrogens (tertiary/aromatic N) is 3. The zero-order valence-electron chi connectivity index (χ0n) is 18.6. The van der Waals surface area contributed by atoms with Gasteiger partial charge in [0.1, 0.15) is 0 Å². The molecule has 0 spiro atoms. The van der Waals surface area contributed by atoms with Crippen LogP contribution in [0.3, 0.4) is 0 Å². The Morgan fingerprint density at radius 2 is 1.74 bits per heavy atom. The monoisotopic (exact) mass is 486 g/mol. The highest BCUT2D eigenvalue weighted by Gasteiger charge is 2.35. The number of ether oxygens (including phenoxy) is 1. The van der Waals surface area contributed by atoms with Crippen molar-refractivity contribution in [1.82, 2.24) is 20.0 Å². The van der Waals surface area contributed by atoms with E-state index < -0.39 is 29.6 Å². The second kappa shape index (κ2) is 9.71. The van der Waals surface area contributed by atoms with Gasteiger partial charge in [0.25, 0.3) is 17.7 Å². The Labute approximate surface area is 198 Å². The van der Waals surface area contributed by atoms with E-state index in [0.29, 0.717) is 24.3 Å². The van der Waals surface area contributed by atoms with Crippen molar-refractivity contribution in [3.05, 3.63) is 82.7 Å². The van der Waals surface area contributed by atoms with Crippen molar-refractivity contribution in [3.8, 4) is 5.69 Å². The summed E-state index contributed by atoms with van der Waals surface area (Å²) in [6.07, 6.45) is -2.79. The third-order valence-electron chi connectivity index (χ3n) is 5.50. The van der Waals surface area contributed by atoms with Crippen LogP contribution in [0.5, 0.6) is 0 Å². The number of aromatic nitrogens is 2. The number of imide groups is 1. The largest absolute Gasteiger partial charge is 0.435 e. The Bertz CT molecular complexity index is 1270. The first kappa shape index (κ1) is 24.1. The number of amides is 3. The first-order chi connectivity index (χ1) is 16.7. The van der Waals surface area contributed by atoms with Gasteiger partial charge in [-0.1, -0.05) is 12.1 Å². The average molecular weight is 486 g/mol. The molecule has 0 radical (unpaired) electrons. The first-order valence-corrected chi connectivity index (χ1v) is 10.7. The van der Waals surface area contributed by atoms with Crippen molar-refractivity contribution in [2.24, 2.45) is 0 Å². The molecule has 1 aliphatic heterocycles. The molecule has 3 amide bonds. The molecule has 1 aromatic heterocycles. The van der Waals surface area contributed by atoms with E-state index in [-0.39, 0.29) is 29.8 Å². The second-order valence-corrected chi connectivity index (χ2v) is 7.86. The number of rotatable bonds is 8. The Morgan fingerprint density at radius 1 is 1.03 bits per heavy atom. The van der Waals surface area contributed by atoms with Gasteiger partial charge in [0.2, 0.25) is 0 Å². The summed E-state index contributed by atoms with van der Waals surface area (Å²) in [6, 6.07) is 11.7. The molecule has 0 unspecified atom stereocenters. The van der Waals surface area contributed by atoms with Gasteiger partial charge in [-0.2, -0.15) is 18.3 Å². The van der Waals surface area contributed by atoms with Crippen molar-refractivity contribution in [2.75, 3.05) is 20.3 Å². The van der Waals surface area contributed by atoms with Gasteiger partial charge in [0, 0.05) is 38.6 Å². The van der Waals surface area contributed by atoms with Gasteiger partial charge >= 0.3 is 6.18 Å². The van der Waals surface area contributed by atoms with E-state index in [1.54, 1.807) is 24.3 Å². The molecule has 1 aliphatic rings. The van der Waals surface area contributed by atoms with Crippen LogP contribution in [0.25, 0.3) is 5.69 Å². The number of benzene rings is 2. The fourth-order valence-electron chi connectivity index (χ4n) is 3.67. The zero-order valence-corrected chi connectivity index (χ0v) is 18.6. The van der Waals surface area contributed by atoms with Crippen LogP contribution in [-0.4, -0.2) is 52.7 Å². The van der Waals surface area contributed by atoms with E-state index in [2.05, 4.69) is 10.4 Å². The van der Waals surface area contributed by atoms with Crippen molar-refractivity contribution < 1.29 is 32.3 Å². The molecule has 0 atom stereocenters. The van der Waals surface area contributed by atoms with Crippen molar-refractivity contribution in [1.29, 1.82) is 0 Å². The van der Waals surface area contributed by atoms with Gasteiger partial charge in [-0.3, -0.25) is 19.3 Å². The lowest BCUT2D eigenvalue weighted by molar-refractivity contribution is -0.141. The van der Waals surface area contributed by atoms with Crippen LogP contribution in [0, 0.1) is 0 Å². The van der Waals surface area contributed by atoms with Crippen LogP contribution in [-0.2, 0) is 17.5 Å². The predicted molar refractivity (Wildman–Crippen MR) is 118 cm³/mol. The molecular weight excluding hydrogens is 465 g/mol. The number of alkyl halides is 3. The van der Waals surface area contributed by atoms with Gasteiger partial charge in [0.15, 0.2) is 5.69 Å². The van der Waals surface area contributed by atoms with Crippen molar-refractivity contribution in [3.63, 3.8) is 0 Å². The maximum Gasteiger partial charge on any atom is 0.435 e. The molecule has 11 heteroatoms. The third kappa shape index (κ3) is 5.09. The highest BCUT2D eigenvalue weighted by molar-refractivity contribution is 6.22. The molecule has 0 fully saturated rings. The highest BCUT2D eigenvalue weighted by atomic mass is 19.4. The number of methoxy groups -OCH3 is 1. The molecule has 0 aliphatic carbocycles. The molecule has 35 heavy (non-hydrogen) atoms. The minimum atomic E-state index is -4.52. The van der Waals surface area contributed by atoms with E-state index in [1.807, 2.05) is 0 Å². The number of hydrogen-bond acceptors (Lipinski definition) is 5. The summed E-state index contributed by atoms with van der Waals surface area (Å²) in [7, 11) is 1.54. The summed E-state index contributed by atoms with van der Waals surface area (Å²) >= 11 is 0. The average Bonchev–Trinajstić information content (AvgIpc) is 3.43. The highest BCUT2D eigenvalue weighted by Crippen LogP contribution is 2.28. The molecule has 8 nitrogen and oxygen atoms in total. The normalized spacial score (nSPS) is 13.3. The van der Waals surface area contributed by atoms with Crippen LogP contribution >= 0.6 is 0 Å². The predicted octanol–water partition coefficient (Wildman–Crippen LogP) is 3.45. The lowest BCUT2D eigenvalue weighted by atomic mass is 10.1. The lowest BCUT2D eigenvalue weighted by Gasteiger charge is -2.12. The number of halogens is 3. The molecule has 1 N–H and O–H groups in total. The third-order valence-corrected chi connectivity index (χ3v) is 5.50. The summed E-state index contributed by atoms with van der Waals surface area (Å²) in [5.41, 5.74) is 0.834. The molecule has 0 saturated heterocycles. The van der Waals surface area contributed by atoms with Crippen LogP contribution in [0.1, 0.15) is 48.8 Å². The van der Waals surface area contributed by atoms with Crippen LogP contribution in [0.4, 0.5) is 13.2 Å². The van der Waals surface area contributed by atoms with Crippen molar-refractivity contribution >= 4 is 17.7 Å². The molecule has 182 valence electrons. The summed E-state index contributed by atoms with van der Waals surface area (Å²) in [6.45, 7) is 0.797. The van der Waals surface area contributed by atoms with Gasteiger partial charge in [-0.25, -0.2) is 4.68 Å². The number of carbonyl (C=O) groups is 3. The Kier molecular flexibility index (Phi) is 6.70. The minimum Gasteiger partial charge on any atom is -0.385 e. The number of fused-ring (bicyclic) bond motifs is 1. The summed E-state index contributed by atoms with van der Waals surface area (Å²) in [4.78, 5) is 38.9. The molecule has 2 heterocycles. The van der Waals surface area contributed by atoms with Crippen LogP contribution in [0.2, 0.25) is 0 Å². The maximum atomic E-state index is 12.7. The Balaban J connectivity index is 1.39. The number of nitrogens with one attached hydrogen (secondary N) is 1. The fourth-order valence-corrected chi connectivity index (χ4v) is 3.67. The van der Waals surface area contributed by atoms with Gasteiger partial charge in [0.05, 0.1) is 16.8 Å². The number of carbonyl (C=O) groups excluding carboxylic acids is 3. The molecule has 0 saturated carbocycles. The molecule has 0 bridgehead atoms. The smallest absolute Gasteiger partial charge is 0.385 e. The van der Waals surface area contributed by atoms with Crippen LogP contribution in [0.15, 0.2) is 54.7 Å². The van der Waals surface area contributed by atoms with Crippen LogP contribution < -0.4 is 5.32 Å². The Hall–Kier alpha value is -3.99. The van der Waals surface area contributed by atoms with Crippen molar-refractivity contribution in [2.45, 2.75) is 19.1 Å². The van der Waals surface area contributed by atoms with Gasteiger partial charge in [-0.15, -0.1) is 0 Å². The molecule has 2 aromatic carbocycles. The first-order valence-electron chi connectivity index (χ1n) is 10.7. The summed E-state index contributed by atoms with van der Waals surface area (Å²) in [5.74, 6) is -1.27. The maximum absolute atomic E-state index is 12.7. The topological polar surface area (TPSA) is 93.5 Å². The molecule has 3 aromatic rings. The minimum absolute atomic E-state index is 0.152. The number of hydrogen-bond donors (Lipinski definition) is 1. The molecule has 4 rings (SSSR count). The summed E-state index contributed by atoms with van der Waals surface area (Å²) in [5, 5.41) is 6.25. The van der Waals surface area contributed by atoms with Gasteiger partial charge in [-0.05, 0) is 48.4 Å². The SMILES string of the molecule is COCCCN1C(=O)c2ccc(C(=O)NCc3ccc(-n4ccc(C(F)(F)F)n4)cc3)cc2C1=O. The Morgan fingerprint density at radius 3 is 2.40 bits per heavy atom. The van der Waals surface area contributed by atoms with E-state index >= 15 is 0 Å². The quantitative estimate of drug-likeness (QED) is 0.389.